The van der Waals surface area contributed by atoms with Gasteiger partial charge in [-0.1, -0.05) is 0 Å². The molecule has 0 aromatic heterocycles. The summed E-state index contributed by atoms with van der Waals surface area (Å²) in [5.74, 6) is -0.0795. The van der Waals surface area contributed by atoms with Gasteiger partial charge < -0.3 is 20.7 Å². The van der Waals surface area contributed by atoms with Gasteiger partial charge >= 0.3 is 6.09 Å². The Morgan fingerprint density at radius 1 is 1.60 bits per heavy atom. The smallest absolute Gasteiger partial charge is 0.407 e. The number of nitrogens with zero attached hydrogens (tertiary/aromatic N) is 1. The summed E-state index contributed by atoms with van der Waals surface area (Å²) in [4.78, 5) is 24.1. The van der Waals surface area contributed by atoms with Crippen molar-refractivity contribution in [3.05, 3.63) is 0 Å². The van der Waals surface area contributed by atoms with Crippen LogP contribution in [-0.4, -0.2) is 49.2 Å². The number of rotatable bonds is 2. The van der Waals surface area contributed by atoms with Crippen LogP contribution in [0.1, 0.15) is 13.3 Å². The Morgan fingerprint density at radius 3 is 2.80 bits per heavy atom. The molecule has 1 saturated heterocycles. The third kappa shape index (κ3) is 3.09. The fraction of sp³-hybridized carbons (Fsp3) is 0.778. The summed E-state index contributed by atoms with van der Waals surface area (Å²) in [5.41, 5.74) is 5.49. The molecule has 1 rings (SSSR count). The lowest BCUT2D eigenvalue weighted by atomic mass is 10.3. The van der Waals surface area contributed by atoms with Gasteiger partial charge in [0.25, 0.3) is 0 Å². The van der Waals surface area contributed by atoms with Crippen LogP contribution in [0.5, 0.6) is 0 Å². The number of nitrogens with one attached hydrogen (secondary N) is 1. The summed E-state index contributed by atoms with van der Waals surface area (Å²) >= 11 is 0. The van der Waals surface area contributed by atoms with Crippen molar-refractivity contribution in [2.24, 2.45) is 5.73 Å². The number of amides is 2. The van der Waals surface area contributed by atoms with E-state index in [4.69, 9.17) is 5.73 Å². The zero-order valence-electron chi connectivity index (χ0n) is 9.03. The maximum absolute atomic E-state index is 11.5. The van der Waals surface area contributed by atoms with Crippen molar-refractivity contribution in [2.45, 2.75) is 25.4 Å². The lowest BCUT2D eigenvalue weighted by molar-refractivity contribution is -0.131. The van der Waals surface area contributed by atoms with Crippen LogP contribution in [0.2, 0.25) is 0 Å². The Morgan fingerprint density at radius 2 is 2.27 bits per heavy atom. The van der Waals surface area contributed by atoms with Crippen LogP contribution in [-0.2, 0) is 9.53 Å². The van der Waals surface area contributed by atoms with E-state index in [9.17, 15) is 9.59 Å². The van der Waals surface area contributed by atoms with Crippen molar-refractivity contribution in [1.82, 2.24) is 10.2 Å². The molecule has 1 unspecified atom stereocenters. The van der Waals surface area contributed by atoms with E-state index in [1.54, 1.807) is 11.8 Å². The van der Waals surface area contributed by atoms with Crippen LogP contribution in [0.4, 0.5) is 4.79 Å². The van der Waals surface area contributed by atoms with E-state index in [1.165, 1.54) is 7.11 Å². The van der Waals surface area contributed by atoms with Gasteiger partial charge in [0, 0.05) is 13.1 Å². The lowest BCUT2D eigenvalue weighted by Crippen LogP contribution is -2.43. The Balaban J connectivity index is 2.39. The molecule has 0 saturated carbocycles. The molecule has 2 amide bonds. The van der Waals surface area contributed by atoms with E-state index in [2.05, 4.69) is 10.1 Å². The first-order chi connectivity index (χ1) is 7.04. The molecule has 6 heteroatoms. The number of methoxy groups -OCH3 is 1. The third-order valence-electron chi connectivity index (χ3n) is 2.40. The first-order valence-electron chi connectivity index (χ1n) is 4.93. The van der Waals surface area contributed by atoms with Crippen LogP contribution in [0.3, 0.4) is 0 Å². The first kappa shape index (κ1) is 11.8. The van der Waals surface area contributed by atoms with Crippen LogP contribution in [0, 0.1) is 0 Å². The molecule has 0 aliphatic carbocycles. The normalized spacial score (nSPS) is 22.3. The minimum atomic E-state index is -0.484. The molecule has 0 aromatic carbocycles. The van der Waals surface area contributed by atoms with E-state index in [1.807, 2.05) is 0 Å². The summed E-state index contributed by atoms with van der Waals surface area (Å²) in [6.07, 6.45) is 0.281. The van der Waals surface area contributed by atoms with Gasteiger partial charge in [0.2, 0.25) is 5.91 Å². The highest BCUT2D eigenvalue weighted by atomic mass is 16.5. The SMILES string of the molecule is COC(=O)NC1CCN(C(=O)[C@@H](C)N)C1. The van der Waals surface area contributed by atoms with E-state index in [-0.39, 0.29) is 11.9 Å². The quantitative estimate of drug-likeness (QED) is 0.637. The molecular formula is C9H17N3O3. The van der Waals surface area contributed by atoms with Crippen LogP contribution in [0.15, 0.2) is 0 Å². The molecule has 6 nitrogen and oxygen atoms in total. The van der Waals surface area contributed by atoms with Crippen LogP contribution in [0.25, 0.3) is 0 Å². The second kappa shape index (κ2) is 4.97. The van der Waals surface area contributed by atoms with Crippen LogP contribution >= 0.6 is 0 Å². The standard InChI is InChI=1S/C9H17N3O3/c1-6(10)8(13)12-4-3-7(5-12)11-9(14)15-2/h6-7H,3-5,10H2,1-2H3,(H,11,14)/t6-,7?/m1/s1. The molecule has 0 bridgehead atoms. The number of carbonyl (C=O) groups is 2. The minimum Gasteiger partial charge on any atom is -0.453 e. The van der Waals surface area contributed by atoms with Gasteiger partial charge in [-0.3, -0.25) is 4.79 Å². The number of ether oxygens (including phenoxy) is 1. The fourth-order valence-electron chi connectivity index (χ4n) is 1.59. The highest BCUT2D eigenvalue weighted by molar-refractivity contribution is 5.81. The van der Waals surface area contributed by atoms with Gasteiger partial charge in [-0.05, 0) is 13.3 Å². The zero-order valence-corrected chi connectivity index (χ0v) is 9.03. The van der Waals surface area contributed by atoms with E-state index in [0.717, 1.165) is 6.42 Å². The molecule has 2 atom stereocenters. The highest BCUT2D eigenvalue weighted by Crippen LogP contribution is 2.10. The maximum Gasteiger partial charge on any atom is 0.407 e. The summed E-state index contributed by atoms with van der Waals surface area (Å²) in [7, 11) is 1.31. The molecule has 0 aromatic rings. The third-order valence-corrected chi connectivity index (χ3v) is 2.40. The molecule has 3 N–H and O–H groups in total. The predicted octanol–water partition coefficient (Wildman–Crippen LogP) is -0.709. The topological polar surface area (TPSA) is 84.7 Å². The Kier molecular flexibility index (Phi) is 3.90. The number of alkyl carbamates (subject to hydrolysis) is 1. The average Bonchev–Trinajstić information content (AvgIpc) is 2.64. The minimum absolute atomic E-state index is 0.0276. The number of nitrogens with two attached hydrogens (primary N) is 1. The Hall–Kier alpha value is -1.30. The van der Waals surface area contributed by atoms with E-state index in [0.29, 0.717) is 13.1 Å². The monoisotopic (exact) mass is 215 g/mol. The van der Waals surface area contributed by atoms with Gasteiger partial charge in [-0.15, -0.1) is 0 Å². The zero-order chi connectivity index (χ0) is 11.4. The van der Waals surface area contributed by atoms with Crippen molar-refractivity contribution in [3.63, 3.8) is 0 Å². The van der Waals surface area contributed by atoms with E-state index < -0.39 is 12.1 Å². The number of carbonyl (C=O) groups excluding carboxylic acids is 2. The lowest BCUT2D eigenvalue weighted by Gasteiger charge is -2.18. The van der Waals surface area contributed by atoms with Gasteiger partial charge in [0.05, 0.1) is 19.2 Å². The van der Waals surface area contributed by atoms with Crippen LogP contribution < -0.4 is 11.1 Å². The molecule has 15 heavy (non-hydrogen) atoms. The van der Waals surface area contributed by atoms with Crippen molar-refractivity contribution in [1.29, 1.82) is 0 Å². The van der Waals surface area contributed by atoms with Gasteiger partial charge in [-0.2, -0.15) is 0 Å². The summed E-state index contributed by atoms with van der Waals surface area (Å²) in [6.45, 7) is 2.80. The molecule has 86 valence electrons. The molecule has 1 fully saturated rings. The number of hydrogen-bond acceptors (Lipinski definition) is 4. The van der Waals surface area contributed by atoms with Gasteiger partial charge in [0.15, 0.2) is 0 Å². The number of likely N-dealkylation sites (tertiary alicyclic amines) is 1. The summed E-state index contributed by atoms with van der Waals surface area (Å²) < 4.78 is 4.48. The fourth-order valence-corrected chi connectivity index (χ4v) is 1.59. The maximum atomic E-state index is 11.5. The van der Waals surface area contributed by atoms with Gasteiger partial charge in [-0.25, -0.2) is 4.79 Å². The second-order valence-corrected chi connectivity index (χ2v) is 3.69. The first-order valence-corrected chi connectivity index (χ1v) is 4.93. The van der Waals surface area contributed by atoms with Gasteiger partial charge in [0.1, 0.15) is 0 Å². The molecular weight excluding hydrogens is 198 g/mol. The van der Waals surface area contributed by atoms with Crippen molar-refractivity contribution >= 4 is 12.0 Å². The molecule has 1 aliphatic rings. The Bertz CT molecular complexity index is 255. The summed E-state index contributed by atoms with van der Waals surface area (Å²) in [5, 5.41) is 2.66. The predicted molar refractivity (Wildman–Crippen MR) is 54.2 cm³/mol. The molecule has 1 aliphatic heterocycles. The Labute approximate surface area is 88.7 Å². The molecule has 0 spiro atoms. The summed E-state index contributed by atoms with van der Waals surface area (Å²) in [6, 6.07) is -0.512. The molecule has 0 radical (unpaired) electrons. The number of hydrogen-bond donors (Lipinski definition) is 2. The van der Waals surface area contributed by atoms with E-state index >= 15 is 0 Å². The average molecular weight is 215 g/mol. The van der Waals surface area contributed by atoms with Crippen molar-refractivity contribution in [3.8, 4) is 0 Å². The second-order valence-electron chi connectivity index (χ2n) is 3.69. The van der Waals surface area contributed by atoms with Crippen molar-refractivity contribution in [2.75, 3.05) is 20.2 Å². The highest BCUT2D eigenvalue weighted by Gasteiger charge is 2.28. The largest absolute Gasteiger partial charge is 0.453 e. The van der Waals surface area contributed by atoms with Crippen molar-refractivity contribution < 1.29 is 14.3 Å². The molecule has 1 heterocycles.